The Balaban J connectivity index is 1.63. The van der Waals surface area contributed by atoms with Crippen molar-refractivity contribution in [3.05, 3.63) is 69.8 Å². The minimum absolute atomic E-state index is 0.00299. The molecule has 2 aromatic rings. The van der Waals surface area contributed by atoms with Crippen LogP contribution in [0.3, 0.4) is 0 Å². The number of ether oxygens (including phenoxy) is 1. The minimum Gasteiger partial charge on any atom is -0.490 e. The summed E-state index contributed by atoms with van der Waals surface area (Å²) in [7, 11) is 0. The SMILES string of the molecule is O=C(O)C[C@@H](NC(=O)Cc1ccc([N+](=O)[O-])cc1)c1ccc(OC2CCCC2)cc1. The zero-order valence-corrected chi connectivity index (χ0v) is 16.5. The zero-order chi connectivity index (χ0) is 21.5. The maximum atomic E-state index is 12.4. The van der Waals surface area contributed by atoms with Gasteiger partial charge in [0.2, 0.25) is 5.91 Å². The summed E-state index contributed by atoms with van der Waals surface area (Å²) in [5.74, 6) is -0.653. The van der Waals surface area contributed by atoms with Gasteiger partial charge in [-0.05, 0) is 48.9 Å². The number of amides is 1. The van der Waals surface area contributed by atoms with Gasteiger partial charge in [0.1, 0.15) is 5.75 Å². The molecule has 0 bridgehead atoms. The molecule has 1 aliphatic carbocycles. The molecule has 2 N–H and O–H groups in total. The van der Waals surface area contributed by atoms with Crippen molar-refractivity contribution >= 4 is 17.6 Å². The highest BCUT2D eigenvalue weighted by Crippen LogP contribution is 2.26. The molecule has 0 heterocycles. The number of carbonyl (C=O) groups is 2. The average Bonchev–Trinajstić information content (AvgIpc) is 3.21. The number of benzene rings is 2. The first-order valence-corrected chi connectivity index (χ1v) is 9.92. The number of hydrogen-bond donors (Lipinski definition) is 2. The lowest BCUT2D eigenvalue weighted by Gasteiger charge is -2.19. The van der Waals surface area contributed by atoms with Gasteiger partial charge in [-0.15, -0.1) is 0 Å². The quantitative estimate of drug-likeness (QED) is 0.478. The molecule has 0 radical (unpaired) electrons. The Morgan fingerprint density at radius 3 is 2.30 bits per heavy atom. The maximum Gasteiger partial charge on any atom is 0.305 e. The van der Waals surface area contributed by atoms with Gasteiger partial charge in [-0.1, -0.05) is 24.3 Å². The fraction of sp³-hybridized carbons (Fsp3) is 0.364. The van der Waals surface area contributed by atoms with Crippen LogP contribution in [0, 0.1) is 10.1 Å². The molecule has 30 heavy (non-hydrogen) atoms. The number of carboxylic acid groups (broad SMARTS) is 1. The second-order valence-corrected chi connectivity index (χ2v) is 7.41. The van der Waals surface area contributed by atoms with Crippen molar-refractivity contribution in [2.75, 3.05) is 0 Å². The minimum atomic E-state index is -1.03. The van der Waals surface area contributed by atoms with E-state index in [1.165, 1.54) is 37.1 Å². The second kappa shape index (κ2) is 9.87. The van der Waals surface area contributed by atoms with Gasteiger partial charge >= 0.3 is 5.97 Å². The molecule has 0 aliphatic heterocycles. The van der Waals surface area contributed by atoms with E-state index in [-0.39, 0.29) is 30.5 Å². The van der Waals surface area contributed by atoms with E-state index in [4.69, 9.17) is 4.74 Å². The number of nitrogens with one attached hydrogen (secondary N) is 1. The summed E-state index contributed by atoms with van der Waals surface area (Å²) in [4.78, 5) is 33.9. The number of nitrogens with zero attached hydrogens (tertiary/aromatic N) is 1. The summed E-state index contributed by atoms with van der Waals surface area (Å²) in [6, 6.07) is 12.1. The van der Waals surface area contributed by atoms with Crippen molar-refractivity contribution in [3.8, 4) is 5.75 Å². The Kier molecular flexibility index (Phi) is 7.00. The topological polar surface area (TPSA) is 119 Å². The molecule has 1 amide bonds. The largest absolute Gasteiger partial charge is 0.490 e. The lowest BCUT2D eigenvalue weighted by molar-refractivity contribution is -0.384. The van der Waals surface area contributed by atoms with Crippen LogP contribution in [0.5, 0.6) is 5.75 Å². The molecule has 8 nitrogen and oxygen atoms in total. The molecular formula is C22H24N2O6. The molecular weight excluding hydrogens is 388 g/mol. The van der Waals surface area contributed by atoms with E-state index in [1.54, 1.807) is 24.3 Å². The fourth-order valence-electron chi connectivity index (χ4n) is 3.57. The third-order valence-electron chi connectivity index (χ3n) is 5.11. The molecule has 0 saturated heterocycles. The lowest BCUT2D eigenvalue weighted by Crippen LogP contribution is -2.31. The van der Waals surface area contributed by atoms with E-state index in [2.05, 4.69) is 5.32 Å². The number of rotatable bonds is 9. The summed E-state index contributed by atoms with van der Waals surface area (Å²) < 4.78 is 5.93. The molecule has 1 saturated carbocycles. The van der Waals surface area contributed by atoms with E-state index >= 15 is 0 Å². The standard InChI is InChI=1S/C22H24N2O6/c25-21(13-15-5-9-17(10-6-15)24(28)29)23-20(14-22(26)27)16-7-11-19(12-8-16)30-18-3-1-2-4-18/h5-12,18,20H,1-4,13-14H2,(H,23,25)(H,26,27)/t20-/m1/s1. The number of nitro groups is 1. The van der Waals surface area contributed by atoms with Gasteiger partial charge in [-0.3, -0.25) is 19.7 Å². The number of carboxylic acids is 1. The number of carbonyl (C=O) groups excluding carboxylic acids is 1. The summed E-state index contributed by atoms with van der Waals surface area (Å²) in [6.45, 7) is 0. The third-order valence-corrected chi connectivity index (χ3v) is 5.11. The van der Waals surface area contributed by atoms with Crippen LogP contribution in [0.2, 0.25) is 0 Å². The van der Waals surface area contributed by atoms with Crippen molar-refractivity contribution in [3.63, 3.8) is 0 Å². The first-order chi connectivity index (χ1) is 14.4. The Bertz CT molecular complexity index is 889. The van der Waals surface area contributed by atoms with Gasteiger partial charge in [0.05, 0.1) is 29.9 Å². The highest BCUT2D eigenvalue weighted by Gasteiger charge is 2.20. The molecule has 2 aromatic carbocycles. The van der Waals surface area contributed by atoms with Gasteiger partial charge in [-0.25, -0.2) is 0 Å². The summed E-state index contributed by atoms with van der Waals surface area (Å²) in [5.41, 5.74) is 1.23. The molecule has 0 aromatic heterocycles. The van der Waals surface area contributed by atoms with E-state index in [9.17, 15) is 24.8 Å². The molecule has 158 valence electrons. The first kappa shape index (κ1) is 21.3. The van der Waals surface area contributed by atoms with E-state index in [1.807, 2.05) is 0 Å². The Morgan fingerprint density at radius 2 is 1.73 bits per heavy atom. The first-order valence-electron chi connectivity index (χ1n) is 9.92. The smallest absolute Gasteiger partial charge is 0.305 e. The van der Waals surface area contributed by atoms with Gasteiger partial charge in [0.15, 0.2) is 0 Å². The number of aliphatic carboxylic acids is 1. The van der Waals surface area contributed by atoms with E-state index in [0.29, 0.717) is 11.1 Å². The van der Waals surface area contributed by atoms with E-state index in [0.717, 1.165) is 18.6 Å². The fourth-order valence-corrected chi connectivity index (χ4v) is 3.57. The normalized spacial score (nSPS) is 14.8. The van der Waals surface area contributed by atoms with Gasteiger partial charge < -0.3 is 15.2 Å². The van der Waals surface area contributed by atoms with E-state index < -0.39 is 16.9 Å². The molecule has 0 spiro atoms. The Morgan fingerprint density at radius 1 is 1.10 bits per heavy atom. The molecule has 1 atom stereocenters. The summed E-state index contributed by atoms with van der Waals surface area (Å²) in [6.07, 6.45) is 4.40. The third kappa shape index (κ3) is 6.04. The van der Waals surface area contributed by atoms with Gasteiger partial charge in [0, 0.05) is 12.1 Å². The van der Waals surface area contributed by atoms with Gasteiger partial charge in [0.25, 0.3) is 5.69 Å². The van der Waals surface area contributed by atoms with Crippen molar-refractivity contribution in [2.45, 2.75) is 50.7 Å². The number of non-ortho nitro benzene ring substituents is 1. The molecule has 0 unspecified atom stereocenters. The van der Waals surface area contributed by atoms with Crippen LogP contribution in [-0.2, 0) is 16.0 Å². The molecule has 1 aliphatic rings. The monoisotopic (exact) mass is 412 g/mol. The van der Waals surface area contributed by atoms with Gasteiger partial charge in [-0.2, -0.15) is 0 Å². The Labute approximate surface area is 174 Å². The molecule has 1 fully saturated rings. The van der Waals surface area contributed by atoms with Crippen LogP contribution < -0.4 is 10.1 Å². The van der Waals surface area contributed by atoms with Crippen LogP contribution in [-0.4, -0.2) is 28.0 Å². The van der Waals surface area contributed by atoms with Crippen LogP contribution >= 0.6 is 0 Å². The highest BCUT2D eigenvalue weighted by atomic mass is 16.6. The van der Waals surface area contributed by atoms with Crippen molar-refractivity contribution in [1.29, 1.82) is 0 Å². The van der Waals surface area contributed by atoms with Crippen LogP contribution in [0.15, 0.2) is 48.5 Å². The zero-order valence-electron chi connectivity index (χ0n) is 16.5. The highest BCUT2D eigenvalue weighted by molar-refractivity contribution is 5.80. The maximum absolute atomic E-state index is 12.4. The predicted octanol–water partition coefficient (Wildman–Crippen LogP) is 3.79. The molecule has 3 rings (SSSR count). The Hall–Kier alpha value is -3.42. The van der Waals surface area contributed by atoms with Crippen molar-refractivity contribution in [1.82, 2.24) is 5.32 Å². The summed E-state index contributed by atoms with van der Waals surface area (Å²) in [5, 5.41) is 22.7. The van der Waals surface area contributed by atoms with Crippen molar-refractivity contribution < 1.29 is 24.4 Å². The van der Waals surface area contributed by atoms with Crippen molar-refractivity contribution in [2.24, 2.45) is 0 Å². The number of hydrogen-bond acceptors (Lipinski definition) is 5. The summed E-state index contributed by atoms with van der Waals surface area (Å²) >= 11 is 0. The lowest BCUT2D eigenvalue weighted by atomic mass is 10.0. The van der Waals surface area contributed by atoms with Crippen LogP contribution in [0.4, 0.5) is 5.69 Å². The predicted molar refractivity (Wildman–Crippen MR) is 109 cm³/mol. The van der Waals surface area contributed by atoms with Crippen LogP contribution in [0.25, 0.3) is 0 Å². The number of nitro benzene ring substituents is 1. The second-order valence-electron chi connectivity index (χ2n) is 7.41. The van der Waals surface area contributed by atoms with Crippen LogP contribution in [0.1, 0.15) is 49.3 Å². The average molecular weight is 412 g/mol. The molecule has 8 heteroatoms.